The summed E-state index contributed by atoms with van der Waals surface area (Å²) in [6, 6.07) is 33.0. The van der Waals surface area contributed by atoms with E-state index in [1.54, 1.807) is 49.1 Å². The van der Waals surface area contributed by atoms with Crippen molar-refractivity contribution in [1.82, 2.24) is 19.5 Å². The van der Waals surface area contributed by atoms with Gasteiger partial charge in [-0.15, -0.1) is 0 Å². The van der Waals surface area contributed by atoms with E-state index in [9.17, 15) is 19.1 Å². The molecule has 6 aromatic rings. The van der Waals surface area contributed by atoms with Crippen LogP contribution in [0.4, 0.5) is 5.82 Å². The van der Waals surface area contributed by atoms with Crippen LogP contribution < -0.4 is 24.6 Å². The Labute approximate surface area is 304 Å². The van der Waals surface area contributed by atoms with Crippen LogP contribution in [-0.2, 0) is 24.2 Å². The normalized spacial score (nSPS) is 17.5. The first-order valence-electron chi connectivity index (χ1n) is 16.6. The molecule has 0 bridgehead atoms. The van der Waals surface area contributed by atoms with Crippen molar-refractivity contribution in [2.45, 2.75) is 30.5 Å². The summed E-state index contributed by atoms with van der Waals surface area (Å²) >= 11 is 0. The van der Waals surface area contributed by atoms with Gasteiger partial charge >= 0.3 is 0 Å². The zero-order valence-electron chi connectivity index (χ0n) is 28.6. The SMILES string of the molecule is COc1ccc(C(OC[C@H]2O[C@@H](n3cnc4c(NC(=O)c5ccccc5)ncnc43)C[C@@H]2OP(=O)([O-])[O-])(c2ccccc2)c2ccc(OC)cc2)cc1. The molecule has 14 nitrogen and oxygen atoms in total. The van der Waals surface area contributed by atoms with E-state index in [4.69, 9.17) is 23.5 Å². The quantitative estimate of drug-likeness (QED) is 0.129. The van der Waals surface area contributed by atoms with Crippen molar-refractivity contribution in [1.29, 1.82) is 0 Å². The highest BCUT2D eigenvalue weighted by atomic mass is 31.2. The second-order valence-electron chi connectivity index (χ2n) is 12.1. The third-order valence-electron chi connectivity index (χ3n) is 9.02. The number of carbonyl (C=O) groups is 1. The number of benzene rings is 4. The van der Waals surface area contributed by atoms with Gasteiger partial charge in [-0.25, -0.2) is 15.0 Å². The number of phosphoric ester groups is 1. The van der Waals surface area contributed by atoms with Crippen LogP contribution in [0.15, 0.2) is 122 Å². The molecule has 0 spiro atoms. The molecule has 0 radical (unpaired) electrons. The Bertz CT molecular complexity index is 2170. The molecular formula is C38H34N5O9P-2. The topological polar surface area (TPSA) is 182 Å². The van der Waals surface area contributed by atoms with Crippen LogP contribution in [0.1, 0.15) is 39.7 Å². The lowest BCUT2D eigenvalue weighted by Gasteiger charge is -2.38. The van der Waals surface area contributed by atoms with Crippen LogP contribution in [0.5, 0.6) is 11.5 Å². The molecule has 4 aromatic carbocycles. The number of rotatable bonds is 13. The van der Waals surface area contributed by atoms with E-state index in [2.05, 4.69) is 20.3 Å². The molecule has 0 saturated carbocycles. The van der Waals surface area contributed by atoms with Crippen LogP contribution in [0, 0.1) is 0 Å². The van der Waals surface area contributed by atoms with E-state index >= 15 is 0 Å². The average Bonchev–Trinajstić information content (AvgIpc) is 3.80. The Hall–Kier alpha value is -5.47. The fourth-order valence-electron chi connectivity index (χ4n) is 6.50. The number of amides is 1. The van der Waals surface area contributed by atoms with Crippen LogP contribution in [0.25, 0.3) is 11.2 Å². The molecule has 1 fully saturated rings. The number of carbonyl (C=O) groups excluding carboxylic acids is 1. The van der Waals surface area contributed by atoms with Crippen molar-refractivity contribution < 1.29 is 42.6 Å². The number of fused-ring (bicyclic) bond motifs is 1. The molecule has 1 aliphatic rings. The third kappa shape index (κ3) is 7.55. The molecule has 1 amide bonds. The van der Waals surface area contributed by atoms with Crippen molar-refractivity contribution in [3.05, 3.63) is 144 Å². The van der Waals surface area contributed by atoms with Crippen LogP contribution in [0.2, 0.25) is 0 Å². The van der Waals surface area contributed by atoms with Gasteiger partial charge in [0.05, 0.1) is 41.1 Å². The van der Waals surface area contributed by atoms with Crippen LogP contribution >= 0.6 is 7.82 Å². The summed E-state index contributed by atoms with van der Waals surface area (Å²) in [6.45, 7) is -0.214. The zero-order valence-corrected chi connectivity index (χ0v) is 29.5. The van der Waals surface area contributed by atoms with E-state index in [0.717, 1.165) is 16.7 Å². The van der Waals surface area contributed by atoms with Crippen molar-refractivity contribution in [2.75, 3.05) is 26.1 Å². The number of phosphoric acid groups is 1. The Kier molecular flexibility index (Phi) is 10.3. The number of nitrogens with zero attached hydrogens (tertiary/aromatic N) is 4. The molecule has 1 aliphatic heterocycles. The summed E-state index contributed by atoms with van der Waals surface area (Å²) < 4.78 is 42.9. The molecule has 3 atom stereocenters. The summed E-state index contributed by atoms with van der Waals surface area (Å²) in [4.78, 5) is 50.0. The molecule has 15 heteroatoms. The van der Waals surface area contributed by atoms with Crippen molar-refractivity contribution in [2.24, 2.45) is 0 Å². The lowest BCUT2D eigenvalue weighted by atomic mass is 9.80. The van der Waals surface area contributed by atoms with Gasteiger partial charge in [0.2, 0.25) is 0 Å². The number of methoxy groups -OCH3 is 2. The third-order valence-corrected chi connectivity index (χ3v) is 9.55. The maximum atomic E-state index is 12.9. The number of nitrogens with one attached hydrogen (secondary N) is 1. The Morgan fingerprint density at radius 3 is 2.02 bits per heavy atom. The molecule has 1 saturated heterocycles. The van der Waals surface area contributed by atoms with Gasteiger partial charge in [0, 0.05) is 12.0 Å². The Balaban J connectivity index is 1.23. The molecule has 53 heavy (non-hydrogen) atoms. The lowest BCUT2D eigenvalue weighted by molar-refractivity contribution is -0.345. The zero-order chi connectivity index (χ0) is 37.0. The molecule has 272 valence electrons. The highest BCUT2D eigenvalue weighted by Gasteiger charge is 2.43. The standard InChI is InChI=1S/C38H36N5O9P/c1-48-29-17-13-27(14-18-29)38(26-11-7-4-8-12-26,28-15-19-30(49-2)20-16-28)50-22-32-31(52-53(45,46)47)21-33(51-32)43-24-41-34-35(39-23-40-36(34)43)42-37(44)25-9-5-3-6-10-25/h3-20,23-24,31-33H,21-22H2,1-2H3,(H2,45,46,47)(H,39,40,42,44)/p-2/t31-,32+,33+/m0/s1. The molecule has 3 heterocycles. The second-order valence-corrected chi connectivity index (χ2v) is 13.2. The van der Waals surface area contributed by atoms with Gasteiger partial charge < -0.3 is 43.1 Å². The predicted molar refractivity (Wildman–Crippen MR) is 189 cm³/mol. The summed E-state index contributed by atoms with van der Waals surface area (Å²) in [5.41, 5.74) is 1.99. The number of imidazole rings is 1. The molecule has 0 unspecified atom stereocenters. The number of anilines is 1. The molecule has 2 aromatic heterocycles. The van der Waals surface area contributed by atoms with E-state index in [-0.39, 0.29) is 30.3 Å². The lowest BCUT2D eigenvalue weighted by Crippen LogP contribution is -2.39. The summed E-state index contributed by atoms with van der Waals surface area (Å²) in [5, 5.41) is 2.77. The average molecular weight is 736 g/mol. The Morgan fingerprint density at radius 2 is 1.43 bits per heavy atom. The minimum atomic E-state index is -5.47. The molecule has 1 N–H and O–H groups in total. The highest BCUT2D eigenvalue weighted by molar-refractivity contribution is 7.43. The fourth-order valence-corrected chi connectivity index (χ4v) is 7.06. The molecule has 7 rings (SSSR count). The van der Waals surface area contributed by atoms with E-state index in [1.807, 2.05) is 78.9 Å². The second kappa shape index (κ2) is 15.2. The largest absolute Gasteiger partial charge is 0.790 e. The van der Waals surface area contributed by atoms with Gasteiger partial charge in [-0.3, -0.25) is 9.36 Å². The van der Waals surface area contributed by atoms with Crippen molar-refractivity contribution >= 4 is 30.7 Å². The van der Waals surface area contributed by atoms with Gasteiger partial charge in [-0.1, -0.05) is 72.8 Å². The van der Waals surface area contributed by atoms with Gasteiger partial charge in [0.25, 0.3) is 5.91 Å². The van der Waals surface area contributed by atoms with Gasteiger partial charge in [0.15, 0.2) is 17.0 Å². The van der Waals surface area contributed by atoms with Crippen molar-refractivity contribution in [3.8, 4) is 11.5 Å². The number of hydrogen-bond donors (Lipinski definition) is 1. The maximum absolute atomic E-state index is 12.9. The summed E-state index contributed by atoms with van der Waals surface area (Å²) in [6.07, 6.45) is -0.505. The predicted octanol–water partition coefficient (Wildman–Crippen LogP) is 4.61. The number of hydrogen-bond acceptors (Lipinski definition) is 12. The first-order valence-corrected chi connectivity index (χ1v) is 18.0. The minimum Gasteiger partial charge on any atom is -0.790 e. The summed E-state index contributed by atoms with van der Waals surface area (Å²) in [7, 11) is -2.32. The van der Waals surface area contributed by atoms with E-state index < -0.39 is 31.9 Å². The Morgan fingerprint density at radius 1 is 0.849 bits per heavy atom. The molecule has 0 aliphatic carbocycles. The highest BCUT2D eigenvalue weighted by Crippen LogP contribution is 2.44. The minimum absolute atomic E-state index is 0.0624. The maximum Gasteiger partial charge on any atom is 0.256 e. The van der Waals surface area contributed by atoms with E-state index in [0.29, 0.717) is 22.7 Å². The fraction of sp³-hybridized carbons (Fsp3) is 0.211. The van der Waals surface area contributed by atoms with Crippen molar-refractivity contribution in [3.63, 3.8) is 0 Å². The van der Waals surface area contributed by atoms with Gasteiger partial charge in [-0.2, -0.15) is 0 Å². The molecular weight excluding hydrogens is 701 g/mol. The summed E-state index contributed by atoms with van der Waals surface area (Å²) in [5.74, 6) is 1.06. The van der Waals surface area contributed by atoms with Gasteiger partial charge in [-0.05, 0) is 53.1 Å². The van der Waals surface area contributed by atoms with Crippen LogP contribution in [-0.4, -0.2) is 58.5 Å². The monoisotopic (exact) mass is 735 g/mol. The van der Waals surface area contributed by atoms with Gasteiger partial charge in [0.1, 0.15) is 35.8 Å². The first-order chi connectivity index (χ1) is 25.7. The number of aromatic nitrogens is 4. The first kappa shape index (κ1) is 35.9. The smallest absolute Gasteiger partial charge is 0.256 e. The van der Waals surface area contributed by atoms with E-state index in [1.165, 1.54) is 12.7 Å². The van der Waals surface area contributed by atoms with Crippen LogP contribution in [0.3, 0.4) is 0 Å². The number of ether oxygens (including phenoxy) is 4.